The van der Waals surface area contributed by atoms with E-state index < -0.39 is 35.7 Å². The maximum Gasteiger partial charge on any atom is 0.410 e. The molecule has 2 rings (SSSR count). The molecule has 1 aromatic carbocycles. The molecule has 1 N–H and O–H groups in total. The van der Waals surface area contributed by atoms with Gasteiger partial charge in [0.05, 0.1) is 6.42 Å². The first-order valence-electron chi connectivity index (χ1n) is 8.24. The predicted molar refractivity (Wildman–Crippen MR) is 87.5 cm³/mol. The SMILES string of the molecule is CC(C)(C)OC(=O)N1CCC(c2cc(F)c(CC(=O)O)cc2F)CC1. The van der Waals surface area contributed by atoms with Crippen molar-refractivity contribution in [2.24, 2.45) is 0 Å². The molecule has 1 saturated heterocycles. The van der Waals surface area contributed by atoms with Crippen LogP contribution in [0.2, 0.25) is 0 Å². The van der Waals surface area contributed by atoms with Crippen LogP contribution in [0, 0.1) is 11.6 Å². The maximum atomic E-state index is 14.3. The summed E-state index contributed by atoms with van der Waals surface area (Å²) in [7, 11) is 0. The Kier molecular flexibility index (Phi) is 5.65. The number of amides is 1. The van der Waals surface area contributed by atoms with Crippen LogP contribution in [0.4, 0.5) is 13.6 Å². The lowest BCUT2D eigenvalue weighted by Gasteiger charge is -2.33. The molecule has 1 aliphatic rings. The second-order valence-electron chi connectivity index (χ2n) is 7.28. The van der Waals surface area contributed by atoms with Gasteiger partial charge in [-0.15, -0.1) is 0 Å². The molecule has 0 saturated carbocycles. The van der Waals surface area contributed by atoms with E-state index in [1.54, 1.807) is 25.7 Å². The smallest absolute Gasteiger partial charge is 0.410 e. The fraction of sp³-hybridized carbons (Fsp3) is 0.556. The van der Waals surface area contributed by atoms with Crippen LogP contribution in [0.3, 0.4) is 0 Å². The number of carbonyl (C=O) groups excluding carboxylic acids is 1. The first-order valence-corrected chi connectivity index (χ1v) is 8.24. The molecular weight excluding hydrogens is 332 g/mol. The summed E-state index contributed by atoms with van der Waals surface area (Å²) in [5.74, 6) is -2.74. The van der Waals surface area contributed by atoms with E-state index >= 15 is 0 Å². The predicted octanol–water partition coefficient (Wildman–Crippen LogP) is 3.71. The van der Waals surface area contributed by atoms with Crippen molar-refractivity contribution >= 4 is 12.1 Å². The zero-order chi connectivity index (χ0) is 18.8. The van der Waals surface area contributed by atoms with E-state index in [1.807, 2.05) is 0 Å². The van der Waals surface area contributed by atoms with Gasteiger partial charge in [0, 0.05) is 18.7 Å². The number of aliphatic carboxylic acids is 1. The van der Waals surface area contributed by atoms with Gasteiger partial charge in [0.1, 0.15) is 17.2 Å². The normalized spacial score (nSPS) is 16.0. The molecule has 0 bridgehead atoms. The number of nitrogens with zero attached hydrogens (tertiary/aromatic N) is 1. The Morgan fingerprint density at radius 3 is 2.32 bits per heavy atom. The van der Waals surface area contributed by atoms with Crippen molar-refractivity contribution in [1.29, 1.82) is 0 Å². The Hall–Kier alpha value is -2.18. The summed E-state index contributed by atoms with van der Waals surface area (Å²) >= 11 is 0. The molecule has 7 heteroatoms. The van der Waals surface area contributed by atoms with Gasteiger partial charge in [0.25, 0.3) is 0 Å². The number of piperidine rings is 1. The fourth-order valence-electron chi connectivity index (χ4n) is 2.91. The highest BCUT2D eigenvalue weighted by Crippen LogP contribution is 2.32. The average Bonchev–Trinajstić information content (AvgIpc) is 2.48. The summed E-state index contributed by atoms with van der Waals surface area (Å²) in [5, 5.41) is 8.72. The van der Waals surface area contributed by atoms with E-state index in [9.17, 15) is 18.4 Å². The lowest BCUT2D eigenvalue weighted by molar-refractivity contribution is -0.136. The molecule has 0 atom stereocenters. The Bertz CT molecular complexity index is 662. The molecule has 0 unspecified atom stereocenters. The van der Waals surface area contributed by atoms with Crippen LogP contribution in [0.15, 0.2) is 12.1 Å². The van der Waals surface area contributed by atoms with Crippen LogP contribution in [-0.4, -0.2) is 40.8 Å². The van der Waals surface area contributed by atoms with Crippen molar-refractivity contribution in [3.8, 4) is 0 Å². The molecule has 138 valence electrons. The standard InChI is InChI=1S/C18H23F2NO4/c1-18(2,3)25-17(24)21-6-4-11(5-7-21)13-10-14(19)12(8-15(13)20)9-16(22)23/h8,10-11H,4-7,9H2,1-3H3,(H,22,23). The van der Waals surface area contributed by atoms with Crippen LogP contribution in [0.25, 0.3) is 0 Å². The molecule has 1 heterocycles. The van der Waals surface area contributed by atoms with E-state index in [0.717, 1.165) is 12.1 Å². The third kappa shape index (κ3) is 5.14. The summed E-state index contributed by atoms with van der Waals surface area (Å²) in [6.45, 7) is 6.16. The molecule has 1 aromatic rings. The fourth-order valence-corrected chi connectivity index (χ4v) is 2.91. The second-order valence-corrected chi connectivity index (χ2v) is 7.28. The van der Waals surface area contributed by atoms with Crippen LogP contribution in [0.1, 0.15) is 50.7 Å². The topological polar surface area (TPSA) is 66.8 Å². The Morgan fingerprint density at radius 2 is 1.80 bits per heavy atom. The summed E-state index contributed by atoms with van der Waals surface area (Å²) < 4.78 is 33.6. The lowest BCUT2D eigenvalue weighted by atomic mass is 9.88. The van der Waals surface area contributed by atoms with Crippen LogP contribution >= 0.6 is 0 Å². The molecule has 1 fully saturated rings. The van der Waals surface area contributed by atoms with Crippen LogP contribution < -0.4 is 0 Å². The number of likely N-dealkylation sites (tertiary alicyclic amines) is 1. The first-order chi connectivity index (χ1) is 11.6. The van der Waals surface area contributed by atoms with Gasteiger partial charge in [-0.2, -0.15) is 0 Å². The lowest BCUT2D eigenvalue weighted by Crippen LogP contribution is -2.41. The monoisotopic (exact) mass is 355 g/mol. The van der Waals surface area contributed by atoms with Gasteiger partial charge in [-0.25, -0.2) is 13.6 Å². The molecule has 25 heavy (non-hydrogen) atoms. The summed E-state index contributed by atoms with van der Waals surface area (Å²) in [6, 6.07) is 2.04. The maximum absolute atomic E-state index is 14.3. The average molecular weight is 355 g/mol. The second kappa shape index (κ2) is 7.37. The van der Waals surface area contributed by atoms with E-state index in [2.05, 4.69) is 0 Å². The highest BCUT2D eigenvalue weighted by molar-refractivity contribution is 5.70. The number of halogens is 2. The molecule has 0 spiro atoms. The van der Waals surface area contributed by atoms with Gasteiger partial charge in [-0.1, -0.05) is 0 Å². The van der Waals surface area contributed by atoms with Gasteiger partial charge in [-0.05, 0) is 57.2 Å². The molecule has 5 nitrogen and oxygen atoms in total. The van der Waals surface area contributed by atoms with Crippen LogP contribution in [-0.2, 0) is 16.0 Å². The van der Waals surface area contributed by atoms with Crippen molar-refractivity contribution in [2.45, 2.75) is 51.6 Å². The summed E-state index contributed by atoms with van der Waals surface area (Å²) in [5.41, 5.74) is -0.515. The number of carboxylic acid groups (broad SMARTS) is 1. The number of rotatable bonds is 3. The first kappa shape index (κ1) is 19.1. The minimum Gasteiger partial charge on any atom is -0.481 e. The third-order valence-corrected chi connectivity index (χ3v) is 4.09. The van der Waals surface area contributed by atoms with Gasteiger partial charge in [-0.3, -0.25) is 4.79 Å². The Balaban J connectivity index is 2.04. The number of ether oxygens (including phenoxy) is 1. The summed E-state index contributed by atoms with van der Waals surface area (Å²) in [4.78, 5) is 24.3. The number of hydrogen-bond donors (Lipinski definition) is 1. The third-order valence-electron chi connectivity index (χ3n) is 4.09. The van der Waals surface area contributed by atoms with Gasteiger partial charge in [0.15, 0.2) is 0 Å². The van der Waals surface area contributed by atoms with Gasteiger partial charge < -0.3 is 14.7 Å². The van der Waals surface area contributed by atoms with Crippen molar-refractivity contribution in [3.05, 3.63) is 34.9 Å². The largest absolute Gasteiger partial charge is 0.481 e. The van der Waals surface area contributed by atoms with Crippen molar-refractivity contribution in [1.82, 2.24) is 4.90 Å². The number of hydrogen-bond acceptors (Lipinski definition) is 3. The highest BCUT2D eigenvalue weighted by atomic mass is 19.1. The Morgan fingerprint density at radius 1 is 1.20 bits per heavy atom. The zero-order valence-corrected chi connectivity index (χ0v) is 14.6. The van der Waals surface area contributed by atoms with Gasteiger partial charge >= 0.3 is 12.1 Å². The molecule has 0 radical (unpaired) electrons. The van der Waals surface area contributed by atoms with Crippen molar-refractivity contribution < 1.29 is 28.2 Å². The minimum absolute atomic E-state index is 0.167. The van der Waals surface area contributed by atoms with Crippen molar-refractivity contribution in [3.63, 3.8) is 0 Å². The van der Waals surface area contributed by atoms with Crippen molar-refractivity contribution in [2.75, 3.05) is 13.1 Å². The molecule has 1 aliphatic heterocycles. The highest BCUT2D eigenvalue weighted by Gasteiger charge is 2.29. The number of carbonyl (C=O) groups is 2. The summed E-state index contributed by atoms with van der Waals surface area (Å²) in [6.07, 6.45) is 0.0245. The van der Waals surface area contributed by atoms with Gasteiger partial charge in [0.2, 0.25) is 0 Å². The molecule has 1 amide bonds. The van der Waals surface area contributed by atoms with Crippen LogP contribution in [0.5, 0.6) is 0 Å². The molecule has 0 aliphatic carbocycles. The number of carboxylic acids is 1. The quantitative estimate of drug-likeness (QED) is 0.898. The minimum atomic E-state index is -1.21. The zero-order valence-electron chi connectivity index (χ0n) is 14.6. The molecular formula is C18H23F2NO4. The number of benzene rings is 1. The van der Waals surface area contributed by atoms with E-state index in [4.69, 9.17) is 9.84 Å². The van der Waals surface area contributed by atoms with E-state index in [1.165, 1.54) is 0 Å². The Labute approximate surface area is 145 Å². The molecule has 0 aromatic heterocycles. The van der Waals surface area contributed by atoms with E-state index in [-0.39, 0.29) is 17.0 Å². The van der Waals surface area contributed by atoms with E-state index in [0.29, 0.717) is 25.9 Å².